The van der Waals surface area contributed by atoms with Crippen LogP contribution in [0.25, 0.3) is 0 Å². The van der Waals surface area contributed by atoms with Crippen LogP contribution >= 0.6 is 24.2 Å². The van der Waals surface area contributed by atoms with Gasteiger partial charge in [0.25, 0.3) is 0 Å². The first-order chi connectivity index (χ1) is 15.4. The fourth-order valence-electron chi connectivity index (χ4n) is 3.49. The molecule has 190 valence electrons. The van der Waals surface area contributed by atoms with E-state index in [4.69, 9.17) is 5.73 Å². The summed E-state index contributed by atoms with van der Waals surface area (Å²) in [6.45, 7) is 3.04. The lowest BCUT2D eigenvalue weighted by Gasteiger charge is -2.27. The van der Waals surface area contributed by atoms with Crippen molar-refractivity contribution in [3.05, 3.63) is 65.7 Å². The summed E-state index contributed by atoms with van der Waals surface area (Å²) in [5.41, 5.74) is 8.16. The van der Waals surface area contributed by atoms with Crippen LogP contribution in [0, 0.1) is 0 Å². The number of nitrogens with two attached hydrogens (primary N) is 1. The van der Waals surface area contributed by atoms with Crippen LogP contribution in [0.15, 0.2) is 54.6 Å². The predicted octanol–water partition coefficient (Wildman–Crippen LogP) is 2.58. The van der Waals surface area contributed by atoms with Gasteiger partial charge in [-0.2, -0.15) is 11.8 Å². The highest BCUT2D eigenvalue weighted by molar-refractivity contribution is 7.98. The van der Waals surface area contributed by atoms with Crippen LogP contribution < -0.4 is 11.1 Å². The number of halogens is 1. The molecule has 0 bridgehead atoms. The molecule has 0 fully saturated rings. The molecule has 0 aliphatic carbocycles. The van der Waals surface area contributed by atoms with Crippen LogP contribution in [0.1, 0.15) is 30.9 Å². The second kappa shape index (κ2) is 17.2. The third kappa shape index (κ3) is 11.2. The maximum absolute atomic E-state index is 13.1. The first-order valence-corrected chi connectivity index (χ1v) is 12.5. The fourth-order valence-corrected chi connectivity index (χ4v) is 3.90. The van der Waals surface area contributed by atoms with E-state index >= 15 is 0 Å². The van der Waals surface area contributed by atoms with Gasteiger partial charge in [-0.15, -0.1) is 12.4 Å². The number of aromatic hydroxyl groups is 1. The Morgan fingerprint density at radius 3 is 2.26 bits per heavy atom. The molecule has 0 saturated heterocycles. The first kappa shape index (κ1) is 31.7. The summed E-state index contributed by atoms with van der Waals surface area (Å²) in [6.07, 6.45) is 5.09. The van der Waals surface area contributed by atoms with Gasteiger partial charge in [0, 0.05) is 13.1 Å². The zero-order valence-corrected chi connectivity index (χ0v) is 21.5. The van der Waals surface area contributed by atoms with Crippen LogP contribution in [0.2, 0.25) is 0 Å². The molecular weight excluding hydrogens is 474 g/mol. The number of rotatable bonds is 13. The maximum atomic E-state index is 13.1. The molecule has 0 aliphatic rings. The van der Waals surface area contributed by atoms with Crippen molar-refractivity contribution < 1.29 is 20.2 Å². The van der Waals surface area contributed by atoms with E-state index in [-0.39, 0.29) is 35.4 Å². The minimum Gasteiger partial charge on any atom is -0.508 e. The minimum atomic E-state index is -0.766. The Hall–Kier alpha value is -2.26. The molecule has 7 nitrogen and oxygen atoms in total. The van der Waals surface area contributed by atoms with Gasteiger partial charge in [-0.25, -0.2) is 0 Å². The third-order valence-corrected chi connectivity index (χ3v) is 5.98. The molecule has 2 atom stereocenters. The predicted molar refractivity (Wildman–Crippen MR) is 143 cm³/mol. The Balaban J connectivity index is 0.00000544. The zero-order valence-electron chi connectivity index (χ0n) is 19.9. The zero-order chi connectivity index (χ0) is 23.3. The second-order valence-corrected chi connectivity index (χ2v) is 8.95. The van der Waals surface area contributed by atoms with Crippen LogP contribution in [0.3, 0.4) is 0 Å². The number of nitrogens with one attached hydrogen (secondary N) is 1. The largest absolute Gasteiger partial charge is 0.508 e. The SMILES string of the molecule is CSCCCN(CCCc1ccccc1)C(=O)[C@@H](C)NC(=O)[C@@H](N)Cc1ccc(O)cc1.Cl.O. The Morgan fingerprint density at radius 1 is 1.03 bits per heavy atom. The number of nitrogens with zero attached hydrogens (tertiary/aromatic N) is 1. The summed E-state index contributed by atoms with van der Waals surface area (Å²) in [5, 5.41) is 12.2. The van der Waals surface area contributed by atoms with E-state index in [9.17, 15) is 14.7 Å². The highest BCUT2D eigenvalue weighted by atomic mass is 35.5. The summed E-state index contributed by atoms with van der Waals surface area (Å²) in [5.74, 6) is 0.720. The van der Waals surface area contributed by atoms with E-state index < -0.39 is 12.1 Å². The number of thioether (sulfide) groups is 1. The standard InChI is InChI=1S/C25H35N3O3S.ClH.H2O/c1-19(27-24(30)23(26)18-21-11-13-22(29)14-12-21)25(31)28(16-7-17-32-2)15-6-10-20-8-4-3-5-9-20;;/h3-5,8-9,11-14,19,23,29H,6-7,10,15-18,26H2,1-2H3,(H,27,30);1H;1H2/t19-,23+;;/m1../s1. The van der Waals surface area contributed by atoms with Gasteiger partial charge in [-0.05, 0) is 67.9 Å². The molecule has 34 heavy (non-hydrogen) atoms. The molecule has 6 N–H and O–H groups in total. The van der Waals surface area contributed by atoms with E-state index in [1.807, 2.05) is 23.1 Å². The van der Waals surface area contributed by atoms with E-state index in [0.717, 1.165) is 30.6 Å². The van der Waals surface area contributed by atoms with Crippen molar-refractivity contribution in [2.75, 3.05) is 25.1 Å². The van der Waals surface area contributed by atoms with Crippen LogP contribution in [-0.2, 0) is 22.4 Å². The van der Waals surface area contributed by atoms with Crippen molar-refractivity contribution in [1.29, 1.82) is 0 Å². The van der Waals surface area contributed by atoms with Crippen LogP contribution in [-0.4, -0.2) is 64.5 Å². The van der Waals surface area contributed by atoms with E-state index in [0.29, 0.717) is 19.5 Å². The van der Waals surface area contributed by atoms with E-state index in [1.54, 1.807) is 43.0 Å². The summed E-state index contributed by atoms with van der Waals surface area (Å²) >= 11 is 1.76. The van der Waals surface area contributed by atoms with Crippen LogP contribution in [0.4, 0.5) is 0 Å². The molecule has 0 unspecified atom stereocenters. The monoisotopic (exact) mass is 511 g/mol. The van der Waals surface area contributed by atoms with Gasteiger partial charge in [0.1, 0.15) is 11.8 Å². The molecule has 0 aliphatic heterocycles. The number of hydrogen-bond donors (Lipinski definition) is 3. The van der Waals surface area contributed by atoms with Gasteiger partial charge < -0.3 is 26.5 Å². The smallest absolute Gasteiger partial charge is 0.244 e. The number of carbonyl (C=O) groups excluding carboxylic acids is 2. The van der Waals surface area contributed by atoms with Crippen molar-refractivity contribution in [1.82, 2.24) is 10.2 Å². The Kier molecular flexibility index (Phi) is 16.1. The number of phenolic OH excluding ortho intramolecular Hbond substituents is 1. The van der Waals surface area contributed by atoms with Crippen molar-refractivity contribution in [2.45, 2.75) is 44.7 Å². The average molecular weight is 512 g/mol. The normalized spacial score (nSPS) is 12.0. The molecule has 0 radical (unpaired) electrons. The maximum Gasteiger partial charge on any atom is 0.244 e. The van der Waals surface area contributed by atoms with Gasteiger partial charge in [0.2, 0.25) is 11.8 Å². The Bertz CT molecular complexity index is 840. The molecule has 2 rings (SSSR count). The number of benzene rings is 2. The summed E-state index contributed by atoms with van der Waals surface area (Å²) < 4.78 is 0. The molecule has 2 aromatic carbocycles. The van der Waals surface area contributed by atoms with E-state index in [2.05, 4.69) is 23.7 Å². The topological polar surface area (TPSA) is 127 Å². The average Bonchev–Trinajstić information content (AvgIpc) is 2.79. The van der Waals surface area contributed by atoms with Gasteiger partial charge >= 0.3 is 0 Å². The quantitative estimate of drug-likeness (QED) is 0.356. The molecule has 9 heteroatoms. The summed E-state index contributed by atoms with van der Waals surface area (Å²) in [6, 6.07) is 15.4. The lowest BCUT2D eigenvalue weighted by Crippen LogP contribution is -2.52. The van der Waals surface area contributed by atoms with Gasteiger partial charge in [0.05, 0.1) is 6.04 Å². The molecule has 0 saturated carbocycles. The van der Waals surface area contributed by atoms with E-state index in [1.165, 1.54) is 5.56 Å². The lowest BCUT2D eigenvalue weighted by atomic mass is 10.1. The number of amides is 2. The third-order valence-electron chi connectivity index (χ3n) is 5.28. The van der Waals surface area contributed by atoms with Crippen molar-refractivity contribution >= 4 is 36.0 Å². The van der Waals surface area contributed by atoms with Gasteiger partial charge in [-0.3, -0.25) is 9.59 Å². The molecular formula is C25H38ClN3O4S. The number of hydrogen-bond acceptors (Lipinski definition) is 5. The Morgan fingerprint density at radius 2 is 1.65 bits per heavy atom. The van der Waals surface area contributed by atoms with Crippen molar-refractivity contribution in [3.63, 3.8) is 0 Å². The molecule has 0 spiro atoms. The lowest BCUT2D eigenvalue weighted by molar-refractivity contribution is -0.136. The van der Waals surface area contributed by atoms with Crippen molar-refractivity contribution in [3.8, 4) is 5.75 Å². The second-order valence-electron chi connectivity index (χ2n) is 7.97. The van der Waals surface area contributed by atoms with Gasteiger partial charge in [-0.1, -0.05) is 42.5 Å². The molecule has 0 aromatic heterocycles. The van der Waals surface area contributed by atoms with Crippen molar-refractivity contribution in [2.24, 2.45) is 5.73 Å². The number of aryl methyl sites for hydroxylation is 1. The number of phenols is 1. The minimum absolute atomic E-state index is 0. The fraction of sp³-hybridized carbons (Fsp3) is 0.440. The summed E-state index contributed by atoms with van der Waals surface area (Å²) in [7, 11) is 0. The summed E-state index contributed by atoms with van der Waals surface area (Å²) in [4.78, 5) is 27.5. The Labute approximate surface area is 213 Å². The number of carbonyl (C=O) groups is 2. The van der Waals surface area contributed by atoms with Gasteiger partial charge in [0.15, 0.2) is 0 Å². The first-order valence-electron chi connectivity index (χ1n) is 11.1. The molecule has 2 aromatic rings. The molecule has 2 amide bonds. The highest BCUT2D eigenvalue weighted by Gasteiger charge is 2.24. The van der Waals surface area contributed by atoms with Crippen LogP contribution in [0.5, 0.6) is 5.75 Å². The highest BCUT2D eigenvalue weighted by Crippen LogP contribution is 2.11. The molecule has 0 heterocycles.